The van der Waals surface area contributed by atoms with Gasteiger partial charge in [-0.25, -0.2) is 8.42 Å². The zero-order valence-electron chi connectivity index (χ0n) is 11.2. The largest absolute Gasteiger partial charge is 0.497 e. The number of nitrogens with zero attached hydrogens (tertiary/aromatic N) is 1. The Morgan fingerprint density at radius 2 is 2.05 bits per heavy atom. The smallest absolute Gasteiger partial charge is 0.245 e. The van der Waals surface area contributed by atoms with Gasteiger partial charge in [0.2, 0.25) is 10.0 Å². The number of nitrogens with two attached hydrogens (primary N) is 1. The number of hydrogen-bond acceptors (Lipinski definition) is 5. The fraction of sp³-hybridized carbons (Fsp3) is 0.538. The van der Waals surface area contributed by atoms with Gasteiger partial charge in [-0.1, -0.05) is 0 Å². The van der Waals surface area contributed by atoms with Crippen LogP contribution in [0.3, 0.4) is 0 Å². The minimum absolute atomic E-state index is 0.0659. The van der Waals surface area contributed by atoms with E-state index < -0.39 is 15.6 Å². The Bertz CT molecular complexity index is 634. The molecular weight excluding hydrogens is 280 g/mol. The fourth-order valence-electron chi connectivity index (χ4n) is 2.64. The minimum Gasteiger partial charge on any atom is -0.497 e. The summed E-state index contributed by atoms with van der Waals surface area (Å²) < 4.78 is 31.2. The van der Waals surface area contributed by atoms with Gasteiger partial charge in [0, 0.05) is 19.2 Å². The third-order valence-corrected chi connectivity index (χ3v) is 5.94. The molecule has 3 rings (SSSR count). The molecule has 6 nitrogen and oxygen atoms in total. The van der Waals surface area contributed by atoms with Crippen LogP contribution in [0.2, 0.25) is 0 Å². The number of benzene rings is 1. The van der Waals surface area contributed by atoms with E-state index in [0.29, 0.717) is 5.75 Å². The van der Waals surface area contributed by atoms with Crippen molar-refractivity contribution in [3.63, 3.8) is 0 Å². The van der Waals surface area contributed by atoms with E-state index in [1.54, 1.807) is 6.07 Å². The molecule has 1 aromatic carbocycles. The van der Waals surface area contributed by atoms with Crippen LogP contribution in [0.25, 0.3) is 0 Å². The second kappa shape index (κ2) is 4.34. The van der Waals surface area contributed by atoms with Crippen molar-refractivity contribution in [2.24, 2.45) is 5.92 Å². The number of sulfonamides is 1. The van der Waals surface area contributed by atoms with Crippen molar-refractivity contribution in [2.75, 3.05) is 25.9 Å². The molecule has 1 aliphatic heterocycles. The zero-order chi connectivity index (χ0) is 14.5. The van der Waals surface area contributed by atoms with Crippen molar-refractivity contribution in [2.45, 2.75) is 23.3 Å². The van der Waals surface area contributed by atoms with E-state index in [4.69, 9.17) is 10.5 Å². The molecule has 0 bridgehead atoms. The Hall–Kier alpha value is -1.31. The first-order valence-electron chi connectivity index (χ1n) is 6.53. The Balaban J connectivity index is 1.82. The molecule has 0 radical (unpaired) electrons. The molecule has 1 aliphatic carbocycles. The topological polar surface area (TPSA) is 92.9 Å². The van der Waals surface area contributed by atoms with E-state index in [1.165, 1.54) is 23.5 Å². The Kier molecular flexibility index (Phi) is 2.97. The van der Waals surface area contributed by atoms with Crippen LogP contribution < -0.4 is 10.5 Å². The number of β-amino-alcohol motifs (C(OH)–C–C–N with tert-alkyl or cyclic N) is 1. The van der Waals surface area contributed by atoms with E-state index in [-0.39, 0.29) is 29.6 Å². The van der Waals surface area contributed by atoms with E-state index in [1.807, 2.05) is 0 Å². The van der Waals surface area contributed by atoms with Gasteiger partial charge < -0.3 is 15.6 Å². The molecule has 2 aliphatic rings. The number of rotatable bonds is 4. The molecular formula is C13H18N2O4S. The molecule has 1 saturated carbocycles. The molecule has 7 heteroatoms. The lowest BCUT2D eigenvalue weighted by molar-refractivity contribution is -0.0764. The van der Waals surface area contributed by atoms with Gasteiger partial charge in [-0.3, -0.25) is 0 Å². The summed E-state index contributed by atoms with van der Waals surface area (Å²) in [7, 11) is -2.15. The second-order valence-electron chi connectivity index (χ2n) is 5.55. The van der Waals surface area contributed by atoms with Crippen LogP contribution in [0.5, 0.6) is 5.75 Å². The highest BCUT2D eigenvalue weighted by Gasteiger charge is 2.55. The lowest BCUT2D eigenvalue weighted by Crippen LogP contribution is -2.64. The van der Waals surface area contributed by atoms with Crippen LogP contribution in [0, 0.1) is 5.92 Å². The number of methoxy groups -OCH3 is 1. The third-order valence-electron chi connectivity index (χ3n) is 4.07. The summed E-state index contributed by atoms with van der Waals surface area (Å²) in [6.45, 7) is 0.316. The van der Waals surface area contributed by atoms with Crippen molar-refractivity contribution in [3.05, 3.63) is 18.2 Å². The van der Waals surface area contributed by atoms with Gasteiger partial charge in [0.25, 0.3) is 0 Å². The average molecular weight is 298 g/mol. The normalized spacial score (nSPS) is 22.3. The zero-order valence-corrected chi connectivity index (χ0v) is 12.1. The van der Waals surface area contributed by atoms with Crippen molar-refractivity contribution in [3.8, 4) is 5.75 Å². The van der Waals surface area contributed by atoms with Gasteiger partial charge in [0.1, 0.15) is 10.6 Å². The average Bonchev–Trinajstić information content (AvgIpc) is 3.18. The van der Waals surface area contributed by atoms with Gasteiger partial charge in [-0.2, -0.15) is 4.31 Å². The predicted molar refractivity (Wildman–Crippen MR) is 73.8 cm³/mol. The molecule has 20 heavy (non-hydrogen) atoms. The minimum atomic E-state index is -3.64. The highest BCUT2D eigenvalue weighted by molar-refractivity contribution is 7.89. The predicted octanol–water partition coefficient (Wildman–Crippen LogP) is 0.423. The first-order chi connectivity index (χ1) is 9.37. The molecule has 0 aromatic heterocycles. The maximum Gasteiger partial charge on any atom is 0.245 e. The van der Waals surface area contributed by atoms with Crippen molar-refractivity contribution in [1.82, 2.24) is 4.31 Å². The highest BCUT2D eigenvalue weighted by Crippen LogP contribution is 2.46. The Labute approximate surface area is 118 Å². The number of hydrogen-bond donors (Lipinski definition) is 2. The number of nitrogen functional groups attached to an aromatic ring is 1. The maximum absolute atomic E-state index is 12.5. The molecule has 1 aromatic rings. The summed E-state index contributed by atoms with van der Waals surface area (Å²) in [6, 6.07) is 4.49. The number of anilines is 1. The lowest BCUT2D eigenvalue weighted by Gasteiger charge is -2.45. The molecule has 1 heterocycles. The van der Waals surface area contributed by atoms with Crippen LogP contribution in [0.1, 0.15) is 12.8 Å². The molecule has 0 amide bonds. The van der Waals surface area contributed by atoms with Crippen LogP contribution in [0.15, 0.2) is 23.1 Å². The first kappa shape index (κ1) is 13.7. The maximum atomic E-state index is 12.5. The van der Waals surface area contributed by atoms with E-state index in [0.717, 1.165) is 12.8 Å². The standard InChI is InChI=1S/C13H18N2O4S/c1-19-10-4-5-12(11(14)6-10)20(17,18)15-7-13(16,8-15)9-2-3-9/h4-6,9,16H,2-3,7-8,14H2,1H3. The Morgan fingerprint density at radius 1 is 1.40 bits per heavy atom. The van der Waals surface area contributed by atoms with Gasteiger partial charge >= 0.3 is 0 Å². The second-order valence-corrected chi connectivity index (χ2v) is 7.46. The molecule has 0 atom stereocenters. The quantitative estimate of drug-likeness (QED) is 0.786. The molecule has 0 unspecified atom stereocenters. The summed E-state index contributed by atoms with van der Waals surface area (Å²) in [4.78, 5) is 0.0659. The summed E-state index contributed by atoms with van der Waals surface area (Å²) in [6.07, 6.45) is 1.96. The van der Waals surface area contributed by atoms with Crippen molar-refractivity contribution >= 4 is 15.7 Å². The highest BCUT2D eigenvalue weighted by atomic mass is 32.2. The van der Waals surface area contributed by atoms with Gasteiger partial charge in [0.05, 0.1) is 18.4 Å². The Morgan fingerprint density at radius 3 is 2.55 bits per heavy atom. The first-order valence-corrected chi connectivity index (χ1v) is 7.97. The van der Waals surface area contributed by atoms with E-state index in [2.05, 4.69) is 0 Å². The van der Waals surface area contributed by atoms with Crippen molar-refractivity contribution < 1.29 is 18.3 Å². The molecule has 110 valence electrons. The summed E-state index contributed by atoms with van der Waals surface area (Å²) in [5, 5.41) is 10.2. The monoisotopic (exact) mass is 298 g/mol. The van der Waals surface area contributed by atoms with E-state index >= 15 is 0 Å². The third kappa shape index (κ3) is 2.06. The molecule has 2 fully saturated rings. The van der Waals surface area contributed by atoms with Crippen LogP contribution >= 0.6 is 0 Å². The number of aliphatic hydroxyl groups is 1. The van der Waals surface area contributed by atoms with Gasteiger partial charge in [0.15, 0.2) is 0 Å². The van der Waals surface area contributed by atoms with Crippen LogP contribution in [-0.4, -0.2) is 43.6 Å². The van der Waals surface area contributed by atoms with Crippen molar-refractivity contribution in [1.29, 1.82) is 0 Å². The lowest BCUT2D eigenvalue weighted by atomic mass is 9.91. The van der Waals surface area contributed by atoms with E-state index in [9.17, 15) is 13.5 Å². The number of ether oxygens (including phenoxy) is 1. The molecule has 0 spiro atoms. The summed E-state index contributed by atoms with van der Waals surface area (Å²) >= 11 is 0. The van der Waals surface area contributed by atoms with Crippen LogP contribution in [0.4, 0.5) is 5.69 Å². The van der Waals surface area contributed by atoms with Crippen LogP contribution in [-0.2, 0) is 10.0 Å². The van der Waals surface area contributed by atoms with Gasteiger partial charge in [-0.15, -0.1) is 0 Å². The summed E-state index contributed by atoms with van der Waals surface area (Å²) in [5.74, 6) is 0.765. The fourth-order valence-corrected chi connectivity index (χ4v) is 4.30. The SMILES string of the molecule is COc1ccc(S(=O)(=O)N2CC(O)(C3CC3)C2)c(N)c1. The van der Waals surface area contributed by atoms with Gasteiger partial charge in [-0.05, 0) is 30.9 Å². The summed E-state index contributed by atoms with van der Waals surface area (Å²) in [5.41, 5.74) is 5.11. The molecule has 3 N–H and O–H groups in total. The molecule has 1 saturated heterocycles.